The zero-order valence-corrected chi connectivity index (χ0v) is 37.5. The van der Waals surface area contributed by atoms with E-state index in [1.165, 1.54) is 55.5 Å². The van der Waals surface area contributed by atoms with Crippen LogP contribution in [0.2, 0.25) is 0 Å². The number of nitrogens with one attached hydrogen (secondary N) is 1. The molecular formula is C65H42N4. The van der Waals surface area contributed by atoms with Crippen LogP contribution in [-0.2, 0) is 5.41 Å². The molecule has 0 saturated carbocycles. The van der Waals surface area contributed by atoms with Gasteiger partial charge >= 0.3 is 0 Å². The summed E-state index contributed by atoms with van der Waals surface area (Å²) in [5.41, 5.74) is 20.6. The van der Waals surface area contributed by atoms with Crippen molar-refractivity contribution in [1.82, 2.24) is 10.3 Å². The Labute approximate surface area is 400 Å². The third kappa shape index (κ3) is 6.05. The fourth-order valence-corrected chi connectivity index (χ4v) is 11.5. The van der Waals surface area contributed by atoms with Crippen LogP contribution < -0.4 is 5.32 Å². The van der Waals surface area contributed by atoms with Crippen molar-refractivity contribution < 1.29 is 0 Å². The van der Waals surface area contributed by atoms with Gasteiger partial charge in [0.25, 0.3) is 0 Å². The number of hydrogen-bond acceptors (Lipinski definition) is 4. The van der Waals surface area contributed by atoms with Crippen molar-refractivity contribution in [2.75, 3.05) is 0 Å². The van der Waals surface area contributed by atoms with Crippen molar-refractivity contribution in [1.29, 1.82) is 0 Å². The van der Waals surface area contributed by atoms with Gasteiger partial charge in [0.2, 0.25) is 0 Å². The summed E-state index contributed by atoms with van der Waals surface area (Å²) < 4.78 is 0. The van der Waals surface area contributed by atoms with Gasteiger partial charge < -0.3 is 5.32 Å². The average molecular weight is 879 g/mol. The molecule has 69 heavy (non-hydrogen) atoms. The minimum atomic E-state index is -0.451. The highest BCUT2D eigenvalue weighted by Crippen LogP contribution is 2.64. The zero-order chi connectivity index (χ0) is 45.5. The fourth-order valence-electron chi connectivity index (χ4n) is 11.5. The minimum Gasteiger partial charge on any atom is -0.344 e. The van der Waals surface area contributed by atoms with E-state index in [2.05, 4.69) is 224 Å². The molecule has 1 unspecified atom stereocenters. The molecule has 4 nitrogen and oxygen atoms in total. The first-order chi connectivity index (χ1) is 34.2. The highest BCUT2D eigenvalue weighted by Gasteiger charge is 2.52. The van der Waals surface area contributed by atoms with Crippen LogP contribution in [0.15, 0.2) is 253 Å². The van der Waals surface area contributed by atoms with Crippen molar-refractivity contribution in [2.24, 2.45) is 9.98 Å². The SMILES string of the molecule is c1ccc(C2=NC(c3cc(-c4ccc(-c5nc6ccccc6c6ccccc56)cc4)cc(-c4cccc5c4-c4ccccc4C54c5ccccc5-c5ccccc54)c3)NC(c3ccccc3)=N2)cc1. The summed E-state index contributed by atoms with van der Waals surface area (Å²) in [7, 11) is 0. The number of amidine groups is 2. The Bertz CT molecular complexity index is 3880. The van der Waals surface area contributed by atoms with E-state index in [-0.39, 0.29) is 0 Å². The highest BCUT2D eigenvalue weighted by atomic mass is 15.2. The van der Waals surface area contributed by atoms with Crippen LogP contribution in [0.25, 0.3) is 77.4 Å². The predicted octanol–water partition coefficient (Wildman–Crippen LogP) is 15.2. The lowest BCUT2D eigenvalue weighted by atomic mass is 9.70. The molecule has 322 valence electrons. The maximum absolute atomic E-state index is 5.40. The molecule has 0 radical (unpaired) electrons. The molecule has 0 fully saturated rings. The minimum absolute atomic E-state index is 0.428. The van der Waals surface area contributed by atoms with Crippen LogP contribution in [0, 0.1) is 0 Å². The van der Waals surface area contributed by atoms with E-state index >= 15 is 0 Å². The van der Waals surface area contributed by atoms with Gasteiger partial charge in [0.05, 0.1) is 16.6 Å². The molecule has 1 N–H and O–H groups in total. The van der Waals surface area contributed by atoms with Crippen LogP contribution in [0.4, 0.5) is 0 Å². The van der Waals surface area contributed by atoms with Crippen molar-refractivity contribution >= 4 is 33.3 Å². The largest absolute Gasteiger partial charge is 0.344 e. The van der Waals surface area contributed by atoms with Gasteiger partial charge in [-0.05, 0) is 102 Å². The molecule has 0 saturated heterocycles. The van der Waals surface area contributed by atoms with Gasteiger partial charge in [-0.15, -0.1) is 0 Å². The number of hydrogen-bond donors (Lipinski definition) is 1. The average Bonchev–Trinajstić information content (AvgIpc) is 3.91. The zero-order valence-electron chi connectivity index (χ0n) is 37.5. The predicted molar refractivity (Wildman–Crippen MR) is 284 cm³/mol. The number of aromatic nitrogens is 1. The van der Waals surface area contributed by atoms with Gasteiger partial charge in [0.1, 0.15) is 12.0 Å². The van der Waals surface area contributed by atoms with Gasteiger partial charge in [-0.2, -0.15) is 0 Å². The van der Waals surface area contributed by atoms with Crippen LogP contribution in [0.5, 0.6) is 0 Å². The Balaban J connectivity index is 0.978. The maximum atomic E-state index is 5.40. The van der Waals surface area contributed by atoms with Crippen molar-refractivity contribution in [2.45, 2.75) is 11.6 Å². The highest BCUT2D eigenvalue weighted by molar-refractivity contribution is 6.13. The molecule has 10 aromatic carbocycles. The van der Waals surface area contributed by atoms with Gasteiger partial charge in [0.15, 0.2) is 5.84 Å². The Kier molecular flexibility index (Phi) is 8.83. The molecular weight excluding hydrogens is 837 g/mol. The number of fused-ring (bicyclic) bond motifs is 13. The number of rotatable bonds is 6. The Morgan fingerprint density at radius 1 is 0.362 bits per heavy atom. The summed E-state index contributed by atoms with van der Waals surface area (Å²) >= 11 is 0. The Hall–Kier alpha value is -8.99. The Morgan fingerprint density at radius 2 is 0.899 bits per heavy atom. The van der Waals surface area contributed by atoms with E-state index in [1.54, 1.807) is 0 Å². The standard InChI is InChI=1S/C65H42N4/c1-3-18-43(19-4-1)62-67-63(44-20-5-2-6-21-44)69-64(68-62)47-39-45(41-34-36-42(37-35-41)61-53-26-8-7-22-49(53)52-25-12-16-33-59(52)66-61)38-46(40-47)48-28-17-32-58-60(48)54-27-11-15-31-57(54)65(58)55-29-13-9-23-50(55)51-24-10-14-30-56(51)65/h1-40,64H,(H,67,68,69). The quantitative estimate of drug-likeness (QED) is 0.169. The van der Waals surface area contributed by atoms with Crippen LogP contribution in [-0.4, -0.2) is 16.7 Å². The van der Waals surface area contributed by atoms with E-state index in [1.807, 2.05) is 24.3 Å². The molecule has 2 heterocycles. The second-order valence-corrected chi connectivity index (χ2v) is 18.3. The summed E-state index contributed by atoms with van der Waals surface area (Å²) in [6.45, 7) is 0. The van der Waals surface area contributed by atoms with Crippen molar-refractivity contribution in [3.8, 4) is 55.8 Å². The van der Waals surface area contributed by atoms with Crippen molar-refractivity contribution in [3.05, 3.63) is 282 Å². The molecule has 1 spiro atoms. The monoisotopic (exact) mass is 878 g/mol. The summed E-state index contributed by atoms with van der Waals surface area (Å²) in [5, 5.41) is 7.30. The molecule has 1 aliphatic heterocycles. The van der Waals surface area contributed by atoms with Gasteiger partial charge in [-0.1, -0.05) is 218 Å². The lowest BCUT2D eigenvalue weighted by Crippen LogP contribution is -2.33. The van der Waals surface area contributed by atoms with E-state index in [0.29, 0.717) is 5.84 Å². The first-order valence-electron chi connectivity index (χ1n) is 23.7. The maximum Gasteiger partial charge on any atom is 0.159 e. The molecule has 11 aromatic rings. The summed E-state index contributed by atoms with van der Waals surface area (Å²) in [6.07, 6.45) is -0.428. The molecule has 1 aromatic heterocycles. The number of aliphatic imine (C=N–C) groups is 2. The lowest BCUT2D eigenvalue weighted by molar-refractivity contribution is 0.674. The third-order valence-electron chi connectivity index (χ3n) is 14.5. The number of nitrogens with zero attached hydrogens (tertiary/aromatic N) is 3. The molecule has 2 aliphatic carbocycles. The molecule has 0 amide bonds. The molecule has 1 atom stereocenters. The van der Waals surface area contributed by atoms with Crippen molar-refractivity contribution in [3.63, 3.8) is 0 Å². The van der Waals surface area contributed by atoms with Gasteiger partial charge in [-0.3, -0.25) is 0 Å². The normalized spacial score (nSPS) is 14.9. The molecule has 3 aliphatic rings. The number of benzene rings is 10. The number of para-hydroxylation sites is 1. The second-order valence-electron chi connectivity index (χ2n) is 18.3. The van der Waals surface area contributed by atoms with Crippen LogP contribution in [0.3, 0.4) is 0 Å². The van der Waals surface area contributed by atoms with E-state index in [9.17, 15) is 0 Å². The summed E-state index contributed by atoms with van der Waals surface area (Å²) in [6, 6.07) is 87.7. The second kappa shape index (κ2) is 15.5. The van der Waals surface area contributed by atoms with E-state index < -0.39 is 11.6 Å². The van der Waals surface area contributed by atoms with Crippen LogP contribution in [0.1, 0.15) is 45.1 Å². The smallest absolute Gasteiger partial charge is 0.159 e. The summed E-state index contributed by atoms with van der Waals surface area (Å²) in [5.74, 6) is 1.48. The molecule has 0 bridgehead atoms. The third-order valence-corrected chi connectivity index (χ3v) is 14.5. The number of pyridine rings is 1. The van der Waals surface area contributed by atoms with Gasteiger partial charge in [0, 0.05) is 27.5 Å². The molecule has 4 heteroatoms. The topological polar surface area (TPSA) is 49.6 Å². The van der Waals surface area contributed by atoms with E-state index in [4.69, 9.17) is 15.0 Å². The van der Waals surface area contributed by atoms with Gasteiger partial charge in [-0.25, -0.2) is 15.0 Å². The van der Waals surface area contributed by atoms with Crippen LogP contribution >= 0.6 is 0 Å². The molecule has 14 rings (SSSR count). The summed E-state index contributed by atoms with van der Waals surface area (Å²) in [4.78, 5) is 15.8. The fraction of sp³-hybridized carbons (Fsp3) is 0.0308. The van der Waals surface area contributed by atoms with E-state index in [0.717, 1.165) is 66.8 Å². The first-order valence-corrected chi connectivity index (χ1v) is 23.7. The first kappa shape index (κ1) is 39.2. The Morgan fingerprint density at radius 3 is 1.62 bits per heavy atom. The lowest BCUT2D eigenvalue weighted by Gasteiger charge is -2.30.